The maximum absolute atomic E-state index is 10.9. The van der Waals surface area contributed by atoms with Gasteiger partial charge >= 0.3 is 0 Å². The lowest BCUT2D eigenvalue weighted by Crippen LogP contribution is -1.86. The summed E-state index contributed by atoms with van der Waals surface area (Å²) in [6.07, 6.45) is 1.56. The normalized spacial score (nSPS) is 11.9. The molecule has 0 N–H and O–H groups in total. The van der Waals surface area contributed by atoms with Gasteiger partial charge in [-0.3, -0.25) is 4.79 Å². The quantitative estimate of drug-likeness (QED) is 0.476. The van der Waals surface area contributed by atoms with Crippen molar-refractivity contribution in [3.8, 4) is 0 Å². The number of amides is 1. The standard InChI is InChI=1S/C19H13NO2/c1-12(21)20-11-13-6-7-16-17-9-14-4-2-3-5-15(14)10-19(17)22-18(16)8-13/h2-11H,1H3. The van der Waals surface area contributed by atoms with Crippen LogP contribution in [-0.4, -0.2) is 12.1 Å². The number of rotatable bonds is 1. The molecule has 0 saturated carbocycles. The molecule has 22 heavy (non-hydrogen) atoms. The van der Waals surface area contributed by atoms with Gasteiger partial charge in [-0.2, -0.15) is 0 Å². The molecule has 0 atom stereocenters. The van der Waals surface area contributed by atoms with Crippen molar-refractivity contribution in [2.24, 2.45) is 4.99 Å². The fourth-order valence-corrected chi connectivity index (χ4v) is 2.72. The Morgan fingerprint density at radius 2 is 1.68 bits per heavy atom. The van der Waals surface area contributed by atoms with Gasteiger partial charge in [0.25, 0.3) is 0 Å². The molecule has 0 spiro atoms. The largest absolute Gasteiger partial charge is 0.456 e. The number of carbonyl (C=O) groups is 1. The molecule has 1 heterocycles. The second-order valence-corrected chi connectivity index (χ2v) is 5.33. The minimum atomic E-state index is -0.212. The molecule has 0 aliphatic rings. The van der Waals surface area contributed by atoms with Crippen molar-refractivity contribution >= 4 is 44.8 Å². The van der Waals surface area contributed by atoms with Gasteiger partial charge in [0.2, 0.25) is 5.91 Å². The third kappa shape index (κ3) is 2.07. The monoisotopic (exact) mass is 287 g/mol. The van der Waals surface area contributed by atoms with Crippen LogP contribution in [0.25, 0.3) is 32.7 Å². The predicted molar refractivity (Wildman–Crippen MR) is 89.5 cm³/mol. The molecule has 3 nitrogen and oxygen atoms in total. The SMILES string of the molecule is CC(=O)N=Cc1ccc2c(c1)oc1cc3ccccc3cc12. The zero-order chi connectivity index (χ0) is 15.1. The minimum absolute atomic E-state index is 0.212. The minimum Gasteiger partial charge on any atom is -0.456 e. The van der Waals surface area contributed by atoms with Gasteiger partial charge < -0.3 is 4.42 Å². The number of benzene rings is 3. The van der Waals surface area contributed by atoms with E-state index in [0.29, 0.717) is 0 Å². The maximum atomic E-state index is 10.9. The van der Waals surface area contributed by atoms with Crippen LogP contribution in [0.1, 0.15) is 12.5 Å². The van der Waals surface area contributed by atoms with Crippen LogP contribution in [0.2, 0.25) is 0 Å². The van der Waals surface area contributed by atoms with E-state index in [1.165, 1.54) is 12.3 Å². The van der Waals surface area contributed by atoms with Gasteiger partial charge in [0.05, 0.1) is 0 Å². The van der Waals surface area contributed by atoms with Crippen molar-refractivity contribution in [3.63, 3.8) is 0 Å². The van der Waals surface area contributed by atoms with Crippen LogP contribution in [0.15, 0.2) is 64.0 Å². The van der Waals surface area contributed by atoms with Gasteiger partial charge in [-0.15, -0.1) is 0 Å². The van der Waals surface area contributed by atoms with E-state index in [-0.39, 0.29) is 5.91 Å². The summed E-state index contributed by atoms with van der Waals surface area (Å²) in [5, 5.41) is 4.52. The topological polar surface area (TPSA) is 42.6 Å². The Morgan fingerprint density at radius 3 is 2.45 bits per heavy atom. The molecule has 0 saturated heterocycles. The Balaban J connectivity index is 1.96. The first-order valence-electron chi connectivity index (χ1n) is 7.10. The van der Waals surface area contributed by atoms with Gasteiger partial charge in [0.1, 0.15) is 11.2 Å². The summed E-state index contributed by atoms with van der Waals surface area (Å²) in [5.41, 5.74) is 2.53. The maximum Gasteiger partial charge on any atom is 0.242 e. The second-order valence-electron chi connectivity index (χ2n) is 5.33. The molecular formula is C19H13NO2. The first-order chi connectivity index (χ1) is 10.7. The molecule has 4 aromatic rings. The number of hydrogen-bond acceptors (Lipinski definition) is 2. The molecule has 4 rings (SSSR count). The van der Waals surface area contributed by atoms with Crippen molar-refractivity contribution in [2.45, 2.75) is 6.92 Å². The summed E-state index contributed by atoms with van der Waals surface area (Å²) < 4.78 is 5.96. The second kappa shape index (κ2) is 4.81. The van der Waals surface area contributed by atoms with E-state index in [9.17, 15) is 4.79 Å². The van der Waals surface area contributed by atoms with E-state index >= 15 is 0 Å². The molecule has 3 heteroatoms. The number of hydrogen-bond donors (Lipinski definition) is 0. The Hall–Kier alpha value is -2.94. The van der Waals surface area contributed by atoms with Gasteiger partial charge in [-0.1, -0.05) is 30.3 Å². The molecule has 0 unspecified atom stereocenters. The number of aliphatic imine (C=N–C) groups is 1. The van der Waals surface area contributed by atoms with Crippen LogP contribution in [0, 0.1) is 0 Å². The molecule has 0 aliphatic carbocycles. The van der Waals surface area contributed by atoms with Crippen LogP contribution in [-0.2, 0) is 4.79 Å². The Labute approximate surface area is 126 Å². The van der Waals surface area contributed by atoms with E-state index < -0.39 is 0 Å². The number of fused-ring (bicyclic) bond motifs is 4. The van der Waals surface area contributed by atoms with Crippen LogP contribution in [0.5, 0.6) is 0 Å². The van der Waals surface area contributed by atoms with E-state index in [0.717, 1.165) is 32.9 Å². The molecule has 0 bridgehead atoms. The fourth-order valence-electron chi connectivity index (χ4n) is 2.72. The molecule has 1 amide bonds. The smallest absolute Gasteiger partial charge is 0.242 e. The molecule has 0 aliphatic heterocycles. The van der Waals surface area contributed by atoms with Crippen LogP contribution >= 0.6 is 0 Å². The fraction of sp³-hybridized carbons (Fsp3) is 0.0526. The van der Waals surface area contributed by atoms with Gasteiger partial charge in [-0.25, -0.2) is 4.99 Å². The molecule has 1 aromatic heterocycles. The summed E-state index contributed by atoms with van der Waals surface area (Å²) in [6.45, 7) is 1.43. The Bertz CT molecular complexity index is 1060. The zero-order valence-corrected chi connectivity index (χ0v) is 12.0. The van der Waals surface area contributed by atoms with Crippen molar-refractivity contribution in [2.75, 3.05) is 0 Å². The molecular weight excluding hydrogens is 274 g/mol. The Morgan fingerprint density at radius 1 is 0.955 bits per heavy atom. The molecule has 0 fully saturated rings. The highest BCUT2D eigenvalue weighted by molar-refractivity contribution is 6.10. The van der Waals surface area contributed by atoms with E-state index in [2.05, 4.69) is 29.3 Å². The van der Waals surface area contributed by atoms with Gasteiger partial charge in [0, 0.05) is 23.9 Å². The predicted octanol–water partition coefficient (Wildman–Crippen LogP) is 4.70. The Kier molecular flexibility index (Phi) is 2.79. The van der Waals surface area contributed by atoms with Crippen molar-refractivity contribution in [1.29, 1.82) is 0 Å². The van der Waals surface area contributed by atoms with Crippen molar-refractivity contribution in [3.05, 3.63) is 60.2 Å². The van der Waals surface area contributed by atoms with Crippen molar-refractivity contribution < 1.29 is 9.21 Å². The molecule has 3 aromatic carbocycles. The molecule has 0 radical (unpaired) electrons. The number of nitrogens with zero attached hydrogens (tertiary/aromatic N) is 1. The average molecular weight is 287 g/mol. The summed E-state index contributed by atoms with van der Waals surface area (Å²) in [7, 11) is 0. The summed E-state index contributed by atoms with van der Waals surface area (Å²) in [6, 6.07) is 18.3. The summed E-state index contributed by atoms with van der Waals surface area (Å²) >= 11 is 0. The average Bonchev–Trinajstić information content (AvgIpc) is 2.87. The van der Waals surface area contributed by atoms with Crippen molar-refractivity contribution in [1.82, 2.24) is 0 Å². The zero-order valence-electron chi connectivity index (χ0n) is 12.0. The first kappa shape index (κ1) is 12.8. The van der Waals surface area contributed by atoms with E-state index in [4.69, 9.17) is 4.42 Å². The molecule has 106 valence electrons. The lowest BCUT2D eigenvalue weighted by molar-refractivity contribution is -0.115. The van der Waals surface area contributed by atoms with Gasteiger partial charge in [0.15, 0.2) is 0 Å². The van der Waals surface area contributed by atoms with Gasteiger partial charge in [-0.05, 0) is 40.6 Å². The summed E-state index contributed by atoms with van der Waals surface area (Å²) in [4.78, 5) is 14.7. The van der Waals surface area contributed by atoms with Crippen LogP contribution < -0.4 is 0 Å². The lowest BCUT2D eigenvalue weighted by atomic mass is 10.1. The highest BCUT2D eigenvalue weighted by Gasteiger charge is 2.08. The first-order valence-corrected chi connectivity index (χ1v) is 7.10. The third-order valence-corrected chi connectivity index (χ3v) is 3.76. The van der Waals surface area contributed by atoms with E-state index in [1.807, 2.05) is 30.3 Å². The van der Waals surface area contributed by atoms with E-state index in [1.54, 1.807) is 6.21 Å². The highest BCUT2D eigenvalue weighted by atomic mass is 16.3. The summed E-state index contributed by atoms with van der Waals surface area (Å²) in [5.74, 6) is -0.212. The lowest BCUT2D eigenvalue weighted by Gasteiger charge is -1.96. The number of carbonyl (C=O) groups excluding carboxylic acids is 1. The van der Waals surface area contributed by atoms with Crippen LogP contribution in [0.3, 0.4) is 0 Å². The highest BCUT2D eigenvalue weighted by Crippen LogP contribution is 2.32. The third-order valence-electron chi connectivity index (χ3n) is 3.76. The van der Waals surface area contributed by atoms with Crippen LogP contribution in [0.4, 0.5) is 0 Å². The number of furan rings is 1.